The molecule has 2 bridgehead atoms. The van der Waals surface area contributed by atoms with Crippen molar-refractivity contribution >= 4 is 12.1 Å². The Morgan fingerprint density at radius 3 is 2.50 bits per heavy atom. The minimum absolute atomic E-state index is 0.0150. The molecular formula is C12H18O2. The molecule has 2 aliphatic carbocycles. The van der Waals surface area contributed by atoms with Crippen LogP contribution in [0.5, 0.6) is 0 Å². The first-order valence-electron chi connectivity index (χ1n) is 5.43. The number of rotatable bonds is 2. The molecule has 0 aromatic heterocycles. The highest BCUT2D eigenvalue weighted by Gasteiger charge is 2.65. The quantitative estimate of drug-likeness (QED) is 0.632. The predicted octanol–water partition coefficient (Wildman–Crippen LogP) is 2.22. The van der Waals surface area contributed by atoms with Gasteiger partial charge in [0.1, 0.15) is 12.1 Å². The number of Topliss-reactive ketones (excluding diaryl/α,β-unsaturated/α-hetero) is 1. The van der Waals surface area contributed by atoms with Gasteiger partial charge in [0.15, 0.2) is 0 Å². The van der Waals surface area contributed by atoms with E-state index in [1.165, 1.54) is 0 Å². The van der Waals surface area contributed by atoms with Crippen LogP contribution in [0, 0.1) is 22.7 Å². The van der Waals surface area contributed by atoms with Gasteiger partial charge >= 0.3 is 0 Å². The standard InChI is InChI=1S/C12H18O2/c1-11(2)9-4-6-12(11,3)10(14)8(9)5-7-13/h7-9H,4-6H2,1-3H3/t8-,9+,12-/m0/s1. The Hall–Kier alpha value is -0.660. The van der Waals surface area contributed by atoms with Gasteiger partial charge < -0.3 is 4.79 Å². The van der Waals surface area contributed by atoms with Crippen molar-refractivity contribution in [3.8, 4) is 0 Å². The molecule has 0 aromatic rings. The number of carbonyl (C=O) groups excluding carboxylic acids is 2. The van der Waals surface area contributed by atoms with E-state index in [0.29, 0.717) is 18.1 Å². The third-order valence-electron chi connectivity index (χ3n) is 5.02. The van der Waals surface area contributed by atoms with Crippen molar-refractivity contribution in [3.05, 3.63) is 0 Å². The number of ketones is 1. The summed E-state index contributed by atoms with van der Waals surface area (Å²) in [5, 5.41) is 0. The normalized spacial score (nSPS) is 44.4. The molecule has 0 heterocycles. The minimum atomic E-state index is -0.161. The van der Waals surface area contributed by atoms with Crippen molar-refractivity contribution in [2.45, 2.75) is 40.0 Å². The first kappa shape index (κ1) is 9.88. The first-order chi connectivity index (χ1) is 6.45. The van der Waals surface area contributed by atoms with Gasteiger partial charge in [-0.3, -0.25) is 4.79 Å². The van der Waals surface area contributed by atoms with E-state index >= 15 is 0 Å². The smallest absolute Gasteiger partial charge is 0.143 e. The van der Waals surface area contributed by atoms with Gasteiger partial charge in [-0.05, 0) is 24.2 Å². The van der Waals surface area contributed by atoms with Crippen molar-refractivity contribution < 1.29 is 9.59 Å². The van der Waals surface area contributed by atoms with Gasteiger partial charge in [-0.15, -0.1) is 0 Å². The fourth-order valence-corrected chi connectivity index (χ4v) is 3.65. The van der Waals surface area contributed by atoms with Crippen LogP contribution in [-0.2, 0) is 9.59 Å². The molecule has 2 fully saturated rings. The van der Waals surface area contributed by atoms with Crippen LogP contribution in [0.4, 0.5) is 0 Å². The zero-order valence-corrected chi connectivity index (χ0v) is 9.17. The third kappa shape index (κ3) is 0.870. The van der Waals surface area contributed by atoms with Crippen molar-refractivity contribution in [2.75, 3.05) is 0 Å². The van der Waals surface area contributed by atoms with E-state index in [-0.39, 0.29) is 16.7 Å². The Kier molecular flexibility index (Phi) is 1.89. The lowest BCUT2D eigenvalue weighted by Crippen LogP contribution is -2.33. The molecule has 0 aliphatic heterocycles. The van der Waals surface area contributed by atoms with Crippen LogP contribution in [0.1, 0.15) is 40.0 Å². The van der Waals surface area contributed by atoms with Crippen molar-refractivity contribution in [2.24, 2.45) is 22.7 Å². The molecule has 0 aromatic carbocycles. The highest BCUT2D eigenvalue weighted by atomic mass is 16.1. The van der Waals surface area contributed by atoms with Crippen molar-refractivity contribution in [3.63, 3.8) is 0 Å². The monoisotopic (exact) mass is 194 g/mol. The van der Waals surface area contributed by atoms with Gasteiger partial charge in [0.05, 0.1) is 0 Å². The zero-order chi connectivity index (χ0) is 10.6. The van der Waals surface area contributed by atoms with Crippen LogP contribution in [0.15, 0.2) is 0 Å². The van der Waals surface area contributed by atoms with Crippen molar-refractivity contribution in [1.29, 1.82) is 0 Å². The van der Waals surface area contributed by atoms with E-state index < -0.39 is 0 Å². The molecule has 0 spiro atoms. The highest BCUT2D eigenvalue weighted by Crippen LogP contribution is 2.66. The molecule has 2 aliphatic rings. The lowest BCUT2D eigenvalue weighted by atomic mass is 9.70. The summed E-state index contributed by atoms with van der Waals surface area (Å²) in [4.78, 5) is 22.7. The summed E-state index contributed by atoms with van der Waals surface area (Å²) in [5.74, 6) is 0.789. The summed E-state index contributed by atoms with van der Waals surface area (Å²) in [6, 6.07) is 0. The largest absolute Gasteiger partial charge is 0.303 e. The Balaban J connectivity index is 2.38. The van der Waals surface area contributed by atoms with E-state index in [1.54, 1.807) is 0 Å². The second-order valence-corrected chi connectivity index (χ2v) is 5.57. The molecule has 2 saturated carbocycles. The van der Waals surface area contributed by atoms with E-state index in [0.717, 1.165) is 19.1 Å². The van der Waals surface area contributed by atoms with E-state index in [9.17, 15) is 9.59 Å². The van der Waals surface area contributed by atoms with E-state index in [2.05, 4.69) is 20.8 Å². The summed E-state index contributed by atoms with van der Waals surface area (Å²) in [7, 11) is 0. The average Bonchev–Trinajstić information content (AvgIpc) is 2.41. The number of aldehydes is 1. The van der Waals surface area contributed by atoms with Gasteiger partial charge in [-0.1, -0.05) is 20.8 Å². The highest BCUT2D eigenvalue weighted by molar-refractivity contribution is 5.92. The molecule has 0 amide bonds. The summed E-state index contributed by atoms with van der Waals surface area (Å²) < 4.78 is 0. The topological polar surface area (TPSA) is 34.1 Å². The molecule has 2 heteroatoms. The van der Waals surface area contributed by atoms with Crippen LogP contribution in [0.25, 0.3) is 0 Å². The molecule has 0 unspecified atom stereocenters. The average molecular weight is 194 g/mol. The lowest BCUT2D eigenvalue weighted by molar-refractivity contribution is -0.132. The SMILES string of the molecule is CC1(C)[C@@H]2CC[C@@]1(C)C(=O)[C@H]2CC=O. The molecule has 0 saturated heterocycles. The fraction of sp³-hybridized carbons (Fsp3) is 0.833. The maximum absolute atomic E-state index is 12.1. The third-order valence-corrected chi connectivity index (χ3v) is 5.02. The van der Waals surface area contributed by atoms with Crippen molar-refractivity contribution in [1.82, 2.24) is 0 Å². The number of hydrogen-bond acceptors (Lipinski definition) is 2. The van der Waals surface area contributed by atoms with Crippen LogP contribution < -0.4 is 0 Å². The van der Waals surface area contributed by atoms with Crippen LogP contribution in [0.3, 0.4) is 0 Å². The molecule has 0 N–H and O–H groups in total. The van der Waals surface area contributed by atoms with Gasteiger partial charge in [-0.25, -0.2) is 0 Å². The van der Waals surface area contributed by atoms with Gasteiger partial charge in [-0.2, -0.15) is 0 Å². The van der Waals surface area contributed by atoms with E-state index in [4.69, 9.17) is 0 Å². The van der Waals surface area contributed by atoms with Gasteiger partial charge in [0.25, 0.3) is 0 Å². The summed E-state index contributed by atoms with van der Waals surface area (Å²) >= 11 is 0. The Labute approximate surface area is 85.1 Å². The second kappa shape index (κ2) is 2.68. The number of hydrogen-bond donors (Lipinski definition) is 0. The molecule has 2 rings (SSSR count). The lowest BCUT2D eigenvalue weighted by Gasteiger charge is -2.32. The summed E-state index contributed by atoms with van der Waals surface area (Å²) in [5.41, 5.74) is -0.0664. The van der Waals surface area contributed by atoms with Crippen LogP contribution in [-0.4, -0.2) is 12.1 Å². The molecule has 78 valence electrons. The van der Waals surface area contributed by atoms with Crippen LogP contribution in [0.2, 0.25) is 0 Å². The predicted molar refractivity (Wildman–Crippen MR) is 53.8 cm³/mol. The Morgan fingerprint density at radius 2 is 2.07 bits per heavy atom. The maximum atomic E-state index is 12.1. The van der Waals surface area contributed by atoms with Gasteiger partial charge in [0.2, 0.25) is 0 Å². The number of carbonyl (C=O) groups is 2. The molecule has 0 radical (unpaired) electrons. The first-order valence-corrected chi connectivity index (χ1v) is 5.43. The molecular weight excluding hydrogens is 176 g/mol. The summed E-state index contributed by atoms with van der Waals surface area (Å²) in [6.07, 6.45) is 3.47. The summed E-state index contributed by atoms with van der Waals surface area (Å²) in [6.45, 7) is 6.46. The van der Waals surface area contributed by atoms with E-state index in [1.807, 2.05) is 0 Å². The Morgan fingerprint density at radius 1 is 1.43 bits per heavy atom. The Bertz CT molecular complexity index is 293. The fourth-order valence-electron chi connectivity index (χ4n) is 3.65. The van der Waals surface area contributed by atoms with Crippen LogP contribution >= 0.6 is 0 Å². The number of fused-ring (bicyclic) bond motifs is 2. The second-order valence-electron chi connectivity index (χ2n) is 5.57. The maximum Gasteiger partial charge on any atom is 0.143 e. The van der Waals surface area contributed by atoms with Gasteiger partial charge in [0, 0.05) is 17.8 Å². The molecule has 14 heavy (non-hydrogen) atoms. The molecule has 2 nitrogen and oxygen atoms in total. The molecule has 3 atom stereocenters. The zero-order valence-electron chi connectivity index (χ0n) is 9.17. The minimum Gasteiger partial charge on any atom is -0.303 e.